The van der Waals surface area contributed by atoms with E-state index in [0.29, 0.717) is 0 Å². The van der Waals surface area contributed by atoms with Crippen LogP contribution in [0.2, 0.25) is 0 Å². The molecule has 1 aliphatic heterocycles. The monoisotopic (exact) mass is 180 g/mol. The number of nitrogens with one attached hydrogen (secondary N) is 1. The highest BCUT2D eigenvalue weighted by Gasteiger charge is 2.29. The summed E-state index contributed by atoms with van der Waals surface area (Å²) >= 11 is 0. The Balaban J connectivity index is 2.48. The molecule has 1 fully saturated rings. The van der Waals surface area contributed by atoms with Crippen molar-refractivity contribution in [3.05, 3.63) is 0 Å². The van der Waals surface area contributed by atoms with E-state index in [2.05, 4.69) is 17.2 Å². The zero-order chi connectivity index (χ0) is 9.84. The first kappa shape index (κ1) is 9.91. The summed E-state index contributed by atoms with van der Waals surface area (Å²) in [6.07, 6.45) is 0.755. The number of nitrogens with zero attached hydrogens (tertiary/aromatic N) is 1. The van der Waals surface area contributed by atoms with Crippen molar-refractivity contribution in [3.63, 3.8) is 0 Å². The predicted molar refractivity (Wildman–Crippen MR) is 52.2 cm³/mol. The maximum atomic E-state index is 11.4. The zero-order valence-corrected chi connectivity index (χ0v) is 8.42. The highest BCUT2D eigenvalue weighted by atomic mass is 16.2. The second-order valence-electron chi connectivity index (χ2n) is 3.52. The summed E-state index contributed by atoms with van der Waals surface area (Å²) in [7, 11) is 0. The van der Waals surface area contributed by atoms with Crippen molar-refractivity contribution in [2.24, 2.45) is 0 Å². The summed E-state index contributed by atoms with van der Waals surface area (Å²) in [5, 5.41) is 2.90. The lowest BCUT2D eigenvalue weighted by Crippen LogP contribution is -2.33. The van der Waals surface area contributed by atoms with E-state index in [1.165, 1.54) is 0 Å². The van der Waals surface area contributed by atoms with Crippen LogP contribution in [-0.4, -0.2) is 29.6 Å². The molecule has 13 heavy (non-hydrogen) atoms. The highest BCUT2D eigenvalue weighted by molar-refractivity contribution is 5.77. The standard InChI is InChI=1S/C10H16N2O/c1-4-5-6-9-7-12(8(2)3)10(13)11-9/h8-9H,6-7H2,1-3H3,(H,11,13). The molecule has 1 heterocycles. The van der Waals surface area contributed by atoms with Crippen molar-refractivity contribution in [3.8, 4) is 11.8 Å². The van der Waals surface area contributed by atoms with Gasteiger partial charge in [0, 0.05) is 19.0 Å². The van der Waals surface area contributed by atoms with Crippen LogP contribution in [-0.2, 0) is 0 Å². The SMILES string of the molecule is CC#CCC1CN(C(C)C)C(=O)N1. The molecule has 1 saturated heterocycles. The molecular weight excluding hydrogens is 164 g/mol. The number of rotatable bonds is 2. The second-order valence-corrected chi connectivity index (χ2v) is 3.52. The minimum atomic E-state index is 0.0397. The number of hydrogen-bond donors (Lipinski definition) is 1. The molecule has 1 atom stereocenters. The second kappa shape index (κ2) is 4.18. The van der Waals surface area contributed by atoms with Crippen LogP contribution in [0.25, 0.3) is 0 Å². The van der Waals surface area contributed by atoms with Gasteiger partial charge in [0.15, 0.2) is 0 Å². The minimum Gasteiger partial charge on any atom is -0.332 e. The number of urea groups is 1. The first-order valence-corrected chi connectivity index (χ1v) is 4.62. The maximum Gasteiger partial charge on any atom is 0.318 e. The van der Waals surface area contributed by atoms with Gasteiger partial charge in [0.2, 0.25) is 0 Å². The number of carbonyl (C=O) groups excluding carboxylic acids is 1. The molecule has 1 rings (SSSR count). The first-order chi connectivity index (χ1) is 6.15. The lowest BCUT2D eigenvalue weighted by molar-refractivity contribution is 0.206. The molecule has 0 bridgehead atoms. The molecule has 72 valence electrons. The fourth-order valence-corrected chi connectivity index (χ4v) is 1.41. The number of hydrogen-bond acceptors (Lipinski definition) is 1. The van der Waals surface area contributed by atoms with Gasteiger partial charge in [-0.3, -0.25) is 0 Å². The maximum absolute atomic E-state index is 11.4. The van der Waals surface area contributed by atoms with Crippen molar-refractivity contribution >= 4 is 6.03 Å². The van der Waals surface area contributed by atoms with Gasteiger partial charge in [0.1, 0.15) is 0 Å². The van der Waals surface area contributed by atoms with E-state index < -0.39 is 0 Å². The Labute approximate surface area is 79.5 Å². The lowest BCUT2D eigenvalue weighted by atomic mass is 10.2. The van der Waals surface area contributed by atoms with Gasteiger partial charge in [-0.15, -0.1) is 11.8 Å². The molecule has 0 spiro atoms. The van der Waals surface area contributed by atoms with Crippen LogP contribution < -0.4 is 5.32 Å². The Morgan fingerprint density at radius 2 is 2.38 bits per heavy atom. The largest absolute Gasteiger partial charge is 0.332 e. The molecule has 0 aromatic heterocycles. The Morgan fingerprint density at radius 3 is 2.85 bits per heavy atom. The summed E-state index contributed by atoms with van der Waals surface area (Å²) in [6.45, 7) is 6.64. The van der Waals surface area contributed by atoms with Crippen LogP contribution in [0.1, 0.15) is 27.2 Å². The van der Waals surface area contributed by atoms with Crippen molar-refractivity contribution in [1.82, 2.24) is 10.2 Å². The van der Waals surface area contributed by atoms with Crippen molar-refractivity contribution in [2.45, 2.75) is 39.3 Å². The molecule has 0 aromatic carbocycles. The van der Waals surface area contributed by atoms with Gasteiger partial charge in [0.25, 0.3) is 0 Å². The van der Waals surface area contributed by atoms with E-state index in [-0.39, 0.29) is 18.1 Å². The third kappa shape index (κ3) is 2.38. The van der Waals surface area contributed by atoms with E-state index in [9.17, 15) is 4.79 Å². The molecule has 2 amide bonds. The van der Waals surface area contributed by atoms with Crippen LogP contribution in [0, 0.1) is 11.8 Å². The fraction of sp³-hybridized carbons (Fsp3) is 0.700. The summed E-state index contributed by atoms with van der Waals surface area (Å²) in [6, 6.07) is 0.528. The highest BCUT2D eigenvalue weighted by Crippen LogP contribution is 2.09. The first-order valence-electron chi connectivity index (χ1n) is 4.62. The van der Waals surface area contributed by atoms with Gasteiger partial charge >= 0.3 is 6.03 Å². The van der Waals surface area contributed by atoms with E-state index in [4.69, 9.17) is 0 Å². The molecule has 0 radical (unpaired) electrons. The van der Waals surface area contributed by atoms with Crippen molar-refractivity contribution in [1.29, 1.82) is 0 Å². The summed E-state index contributed by atoms with van der Waals surface area (Å²) < 4.78 is 0. The summed E-state index contributed by atoms with van der Waals surface area (Å²) in [5.41, 5.74) is 0. The molecule has 0 saturated carbocycles. The number of amides is 2. The van der Waals surface area contributed by atoms with Crippen molar-refractivity contribution in [2.75, 3.05) is 6.54 Å². The van der Waals surface area contributed by atoms with E-state index in [0.717, 1.165) is 13.0 Å². The van der Waals surface area contributed by atoms with Crippen LogP contribution in [0.3, 0.4) is 0 Å². The Bertz CT molecular complexity index is 249. The normalized spacial score (nSPS) is 21.4. The Hall–Kier alpha value is -1.17. The quantitative estimate of drug-likeness (QED) is 0.636. The lowest BCUT2D eigenvalue weighted by Gasteiger charge is -2.18. The van der Waals surface area contributed by atoms with Crippen LogP contribution in [0.4, 0.5) is 4.79 Å². The van der Waals surface area contributed by atoms with Crippen LogP contribution >= 0.6 is 0 Å². The molecule has 0 aliphatic carbocycles. The third-order valence-corrected chi connectivity index (χ3v) is 2.15. The van der Waals surface area contributed by atoms with Crippen LogP contribution in [0.5, 0.6) is 0 Å². The summed E-state index contributed by atoms with van der Waals surface area (Å²) in [5.74, 6) is 5.81. The number of carbonyl (C=O) groups is 1. The van der Waals surface area contributed by atoms with E-state index in [1.807, 2.05) is 25.7 Å². The third-order valence-electron chi connectivity index (χ3n) is 2.15. The smallest absolute Gasteiger partial charge is 0.318 e. The predicted octanol–water partition coefficient (Wildman–Crippen LogP) is 1.20. The van der Waals surface area contributed by atoms with Gasteiger partial charge < -0.3 is 10.2 Å². The van der Waals surface area contributed by atoms with Gasteiger partial charge in [-0.2, -0.15) is 0 Å². The van der Waals surface area contributed by atoms with E-state index >= 15 is 0 Å². The fourth-order valence-electron chi connectivity index (χ4n) is 1.41. The molecule has 1 N–H and O–H groups in total. The topological polar surface area (TPSA) is 32.3 Å². The average Bonchev–Trinajstić information content (AvgIpc) is 2.43. The van der Waals surface area contributed by atoms with E-state index in [1.54, 1.807) is 0 Å². The zero-order valence-electron chi connectivity index (χ0n) is 8.42. The Kier molecular flexibility index (Phi) is 3.18. The molecule has 1 unspecified atom stereocenters. The molecule has 3 nitrogen and oxygen atoms in total. The average molecular weight is 180 g/mol. The van der Waals surface area contributed by atoms with Gasteiger partial charge in [-0.05, 0) is 20.8 Å². The van der Waals surface area contributed by atoms with Gasteiger partial charge in [-0.1, -0.05) is 0 Å². The van der Waals surface area contributed by atoms with Crippen molar-refractivity contribution < 1.29 is 4.79 Å². The van der Waals surface area contributed by atoms with Crippen LogP contribution in [0.15, 0.2) is 0 Å². The molecule has 0 aromatic rings. The van der Waals surface area contributed by atoms with Gasteiger partial charge in [0.05, 0.1) is 6.04 Å². The molecular formula is C10H16N2O. The minimum absolute atomic E-state index is 0.0397. The molecule has 1 aliphatic rings. The van der Waals surface area contributed by atoms with Gasteiger partial charge in [-0.25, -0.2) is 4.79 Å². The Morgan fingerprint density at radius 1 is 1.69 bits per heavy atom. The summed E-state index contributed by atoms with van der Waals surface area (Å²) in [4.78, 5) is 13.2. The molecule has 3 heteroatoms.